The molecule has 2 atom stereocenters. The largest absolute Gasteiger partial charge is 0.496 e. The van der Waals surface area contributed by atoms with Gasteiger partial charge < -0.3 is 23.8 Å². The molecule has 7 heteroatoms. The van der Waals surface area contributed by atoms with Gasteiger partial charge in [0, 0.05) is 43.7 Å². The topological polar surface area (TPSA) is 60.5 Å². The van der Waals surface area contributed by atoms with Crippen molar-refractivity contribution in [3.05, 3.63) is 17.7 Å². The van der Waals surface area contributed by atoms with Gasteiger partial charge in [-0.2, -0.15) is 0 Å². The molecular formula is C19H28N2O5. The minimum absolute atomic E-state index is 0.0584. The van der Waals surface area contributed by atoms with Gasteiger partial charge in [0.05, 0.1) is 27.9 Å². The van der Waals surface area contributed by atoms with Crippen molar-refractivity contribution in [3.8, 4) is 17.2 Å². The van der Waals surface area contributed by atoms with E-state index < -0.39 is 0 Å². The number of carbonyl (C=O) groups excluding carboxylic acids is 1. The summed E-state index contributed by atoms with van der Waals surface area (Å²) in [5.74, 6) is 2.57. The molecule has 26 heavy (non-hydrogen) atoms. The van der Waals surface area contributed by atoms with Gasteiger partial charge in [0.1, 0.15) is 12.4 Å². The molecule has 1 aromatic carbocycles. The van der Waals surface area contributed by atoms with Crippen LogP contribution in [0.1, 0.15) is 12.0 Å². The fourth-order valence-electron chi connectivity index (χ4n) is 3.86. The molecule has 0 spiro atoms. The summed E-state index contributed by atoms with van der Waals surface area (Å²) in [6.07, 6.45) is 1.01. The van der Waals surface area contributed by atoms with E-state index in [0.29, 0.717) is 24.0 Å². The third-order valence-corrected chi connectivity index (χ3v) is 5.43. The van der Waals surface area contributed by atoms with Crippen molar-refractivity contribution in [1.29, 1.82) is 0 Å². The highest BCUT2D eigenvalue weighted by molar-refractivity contribution is 5.77. The van der Waals surface area contributed by atoms with Gasteiger partial charge in [0.15, 0.2) is 11.5 Å². The van der Waals surface area contributed by atoms with Crippen molar-refractivity contribution in [3.63, 3.8) is 0 Å². The number of nitrogens with zero attached hydrogens (tertiary/aromatic N) is 2. The van der Waals surface area contributed by atoms with Crippen molar-refractivity contribution in [2.24, 2.45) is 5.92 Å². The lowest BCUT2D eigenvalue weighted by atomic mass is 9.91. The summed E-state index contributed by atoms with van der Waals surface area (Å²) in [5.41, 5.74) is 1.04. The first-order valence-corrected chi connectivity index (χ1v) is 8.92. The van der Waals surface area contributed by atoms with Gasteiger partial charge in [0.25, 0.3) is 0 Å². The van der Waals surface area contributed by atoms with Crippen LogP contribution in [0.25, 0.3) is 0 Å². The lowest BCUT2D eigenvalue weighted by molar-refractivity contribution is -0.134. The zero-order valence-corrected chi connectivity index (χ0v) is 16.0. The average molecular weight is 364 g/mol. The number of piperidine rings is 1. The molecule has 0 saturated carbocycles. The maximum atomic E-state index is 12.1. The lowest BCUT2D eigenvalue weighted by Gasteiger charge is -2.41. The number of hydrogen-bond acceptors (Lipinski definition) is 6. The number of methoxy groups -OCH3 is 3. The van der Waals surface area contributed by atoms with Crippen LogP contribution in [-0.4, -0.2) is 76.4 Å². The molecule has 2 saturated heterocycles. The average Bonchev–Trinajstić information content (AvgIpc) is 2.80. The van der Waals surface area contributed by atoms with Gasteiger partial charge in [-0.05, 0) is 19.0 Å². The fourth-order valence-corrected chi connectivity index (χ4v) is 3.86. The molecule has 0 bridgehead atoms. The lowest BCUT2D eigenvalue weighted by Crippen LogP contribution is -2.52. The highest BCUT2D eigenvalue weighted by Crippen LogP contribution is 2.36. The van der Waals surface area contributed by atoms with Crippen molar-refractivity contribution in [1.82, 2.24) is 9.80 Å². The van der Waals surface area contributed by atoms with Crippen molar-refractivity contribution >= 4 is 5.91 Å². The Morgan fingerprint density at radius 2 is 1.81 bits per heavy atom. The zero-order valence-electron chi connectivity index (χ0n) is 16.0. The highest BCUT2D eigenvalue weighted by atomic mass is 16.5. The first kappa shape index (κ1) is 18.8. The molecule has 0 unspecified atom stereocenters. The van der Waals surface area contributed by atoms with E-state index in [4.69, 9.17) is 18.9 Å². The zero-order chi connectivity index (χ0) is 18.7. The number of amides is 1. The summed E-state index contributed by atoms with van der Waals surface area (Å²) in [5, 5.41) is 0. The Hall–Kier alpha value is -1.99. The molecule has 0 aromatic heterocycles. The summed E-state index contributed by atoms with van der Waals surface area (Å²) < 4.78 is 21.9. The van der Waals surface area contributed by atoms with E-state index in [2.05, 4.69) is 4.90 Å². The van der Waals surface area contributed by atoms with Crippen LogP contribution in [0, 0.1) is 5.92 Å². The van der Waals surface area contributed by atoms with Crippen molar-refractivity contribution in [2.75, 3.05) is 54.7 Å². The monoisotopic (exact) mass is 364 g/mol. The summed E-state index contributed by atoms with van der Waals surface area (Å²) in [4.78, 5) is 16.3. The Balaban J connectivity index is 1.78. The second-order valence-corrected chi connectivity index (χ2v) is 6.89. The second kappa shape index (κ2) is 8.14. The molecule has 1 amide bonds. The number of ether oxygens (including phenoxy) is 4. The second-order valence-electron chi connectivity index (χ2n) is 6.89. The van der Waals surface area contributed by atoms with Crippen LogP contribution < -0.4 is 14.2 Å². The fraction of sp³-hybridized carbons (Fsp3) is 0.632. The Labute approximate surface area is 154 Å². The molecule has 2 aliphatic heterocycles. The first-order chi connectivity index (χ1) is 12.6. The summed E-state index contributed by atoms with van der Waals surface area (Å²) in [6.45, 7) is 3.37. The summed E-state index contributed by atoms with van der Waals surface area (Å²) in [7, 11) is 6.79. The minimum Gasteiger partial charge on any atom is -0.496 e. The molecule has 144 valence electrons. The molecular weight excluding hydrogens is 336 g/mol. The Morgan fingerprint density at radius 1 is 1.12 bits per heavy atom. The molecule has 3 rings (SSSR count). The highest BCUT2D eigenvalue weighted by Gasteiger charge is 2.36. The van der Waals surface area contributed by atoms with Crippen molar-refractivity contribution < 1.29 is 23.7 Å². The third kappa shape index (κ3) is 3.73. The van der Waals surface area contributed by atoms with Crippen LogP contribution in [0.5, 0.6) is 17.2 Å². The Kier molecular flexibility index (Phi) is 5.88. The molecule has 0 N–H and O–H groups in total. The predicted molar refractivity (Wildman–Crippen MR) is 96.9 cm³/mol. The van der Waals surface area contributed by atoms with Crippen LogP contribution in [-0.2, 0) is 16.1 Å². The van der Waals surface area contributed by atoms with Gasteiger partial charge in [-0.3, -0.25) is 9.69 Å². The van der Waals surface area contributed by atoms with Crippen LogP contribution in [0.4, 0.5) is 0 Å². The summed E-state index contributed by atoms with van der Waals surface area (Å²) in [6, 6.07) is 4.01. The van der Waals surface area contributed by atoms with Crippen molar-refractivity contribution in [2.45, 2.75) is 19.0 Å². The standard InChI is InChI=1S/C19H28N2O5/c1-20-15-10-21(6-5-13(15)11-26-12-19(20)22)9-14-7-17(24-3)18(25-4)8-16(14)23-2/h7-8,13,15H,5-6,9-12H2,1-4H3/t13-,15-/m0/s1. The maximum Gasteiger partial charge on any atom is 0.248 e. The van der Waals surface area contributed by atoms with E-state index >= 15 is 0 Å². The quantitative estimate of drug-likeness (QED) is 0.787. The van der Waals surface area contributed by atoms with E-state index in [1.165, 1.54) is 0 Å². The normalized spacial score (nSPS) is 24.0. The van der Waals surface area contributed by atoms with Crippen LogP contribution in [0.3, 0.4) is 0 Å². The number of hydrogen-bond donors (Lipinski definition) is 0. The molecule has 7 nitrogen and oxygen atoms in total. The number of rotatable bonds is 5. The number of likely N-dealkylation sites (N-methyl/N-ethyl adjacent to an activating group) is 1. The maximum absolute atomic E-state index is 12.1. The SMILES string of the molecule is COc1cc(OC)c(OC)cc1CN1CC[C@H]2COCC(=O)N(C)[C@H]2C1. The minimum atomic E-state index is 0.0584. The van der Waals surface area contributed by atoms with E-state index in [-0.39, 0.29) is 18.6 Å². The molecule has 0 radical (unpaired) electrons. The molecule has 0 aliphatic carbocycles. The van der Waals surface area contributed by atoms with Gasteiger partial charge in [-0.15, -0.1) is 0 Å². The first-order valence-electron chi connectivity index (χ1n) is 8.92. The smallest absolute Gasteiger partial charge is 0.248 e. The van der Waals surface area contributed by atoms with E-state index in [0.717, 1.165) is 37.4 Å². The number of likely N-dealkylation sites (tertiary alicyclic amines) is 1. The molecule has 2 aliphatic rings. The van der Waals surface area contributed by atoms with Crippen LogP contribution >= 0.6 is 0 Å². The molecule has 2 fully saturated rings. The van der Waals surface area contributed by atoms with Crippen LogP contribution in [0.2, 0.25) is 0 Å². The van der Waals surface area contributed by atoms with Gasteiger partial charge in [-0.25, -0.2) is 0 Å². The van der Waals surface area contributed by atoms with Gasteiger partial charge in [0.2, 0.25) is 5.91 Å². The molecule has 2 heterocycles. The van der Waals surface area contributed by atoms with E-state index in [9.17, 15) is 4.79 Å². The van der Waals surface area contributed by atoms with Gasteiger partial charge in [-0.1, -0.05) is 0 Å². The Bertz CT molecular complexity index is 651. The van der Waals surface area contributed by atoms with Crippen LogP contribution in [0.15, 0.2) is 12.1 Å². The van der Waals surface area contributed by atoms with Gasteiger partial charge >= 0.3 is 0 Å². The van der Waals surface area contributed by atoms with E-state index in [1.54, 1.807) is 21.3 Å². The number of carbonyl (C=O) groups is 1. The predicted octanol–water partition coefficient (Wildman–Crippen LogP) is 1.39. The number of fused-ring (bicyclic) bond motifs is 1. The molecule has 1 aromatic rings. The Morgan fingerprint density at radius 3 is 2.50 bits per heavy atom. The summed E-state index contributed by atoms with van der Waals surface area (Å²) >= 11 is 0. The third-order valence-electron chi connectivity index (χ3n) is 5.43. The number of benzene rings is 1. The van der Waals surface area contributed by atoms with E-state index in [1.807, 2.05) is 24.1 Å².